The molecule has 2 heterocycles. The van der Waals surface area contributed by atoms with Crippen LogP contribution in [0.5, 0.6) is 0 Å². The number of rotatable bonds is 9. The molecule has 5 rings (SSSR count). The average molecular weight is 508 g/mol. The summed E-state index contributed by atoms with van der Waals surface area (Å²) in [4.78, 5) is 22.8. The number of carbonyl (C=O) groups is 1. The smallest absolute Gasteiger partial charge is 0.374 e. The van der Waals surface area contributed by atoms with Crippen LogP contribution >= 0.6 is 0 Å². The Morgan fingerprint density at radius 3 is 2.51 bits per heavy atom. The highest BCUT2D eigenvalue weighted by Gasteiger charge is 2.36. The van der Waals surface area contributed by atoms with Crippen molar-refractivity contribution in [1.29, 1.82) is 0 Å². The molecule has 1 aliphatic carbocycles. The maximum absolute atomic E-state index is 12.8. The quantitative estimate of drug-likeness (QED) is 0.326. The number of benzene rings is 2. The van der Waals surface area contributed by atoms with Gasteiger partial charge in [-0.1, -0.05) is 60.5 Å². The highest BCUT2D eigenvalue weighted by Crippen LogP contribution is 2.46. The van der Waals surface area contributed by atoms with Crippen molar-refractivity contribution in [2.24, 2.45) is 5.92 Å². The van der Waals surface area contributed by atoms with E-state index >= 15 is 0 Å². The standard InChI is InChI=1S/C28H31F2N5O2/c1-16-5-3-8-21(13-16)27-34-25-23(35(27)15-19-11-9-18(10-12-19)14-22(29)30)24(32-26(33-25)28(36)37)31-17(2)20-6-4-7-20/h3,5,8-13,17,20,22,27H,4,6-7,14-15H2,1-2H3,(H,36,37)(H2,31,32,33,34). The van der Waals surface area contributed by atoms with E-state index in [1.165, 1.54) is 6.42 Å². The van der Waals surface area contributed by atoms with Crippen LogP contribution in [0.4, 0.5) is 26.1 Å². The van der Waals surface area contributed by atoms with Crippen LogP contribution < -0.4 is 15.5 Å². The Hall–Kier alpha value is -3.75. The van der Waals surface area contributed by atoms with Gasteiger partial charge in [0.1, 0.15) is 11.9 Å². The monoisotopic (exact) mass is 507 g/mol. The predicted molar refractivity (Wildman–Crippen MR) is 139 cm³/mol. The number of alkyl halides is 2. The van der Waals surface area contributed by atoms with Gasteiger partial charge in [-0.05, 0) is 49.3 Å². The molecule has 1 saturated carbocycles. The maximum atomic E-state index is 12.8. The van der Waals surface area contributed by atoms with Gasteiger partial charge >= 0.3 is 5.97 Å². The fraction of sp³-hybridized carbons (Fsp3) is 0.393. The minimum Gasteiger partial charge on any atom is -0.475 e. The molecule has 3 aromatic rings. The van der Waals surface area contributed by atoms with Crippen molar-refractivity contribution in [1.82, 2.24) is 9.97 Å². The number of hydrogen-bond donors (Lipinski definition) is 3. The maximum Gasteiger partial charge on any atom is 0.374 e. The molecule has 2 atom stereocenters. The summed E-state index contributed by atoms with van der Waals surface area (Å²) in [7, 11) is 0. The molecule has 1 aliphatic heterocycles. The van der Waals surface area contributed by atoms with E-state index in [1.54, 1.807) is 12.1 Å². The molecule has 7 nitrogen and oxygen atoms in total. The van der Waals surface area contributed by atoms with Crippen molar-refractivity contribution in [3.05, 3.63) is 76.6 Å². The molecule has 0 radical (unpaired) electrons. The molecule has 3 N–H and O–H groups in total. The third-order valence-electron chi connectivity index (χ3n) is 7.29. The Morgan fingerprint density at radius 1 is 1.16 bits per heavy atom. The van der Waals surface area contributed by atoms with E-state index in [-0.39, 0.29) is 24.5 Å². The highest BCUT2D eigenvalue weighted by molar-refractivity contribution is 5.90. The summed E-state index contributed by atoms with van der Waals surface area (Å²) < 4.78 is 25.7. The summed E-state index contributed by atoms with van der Waals surface area (Å²) in [6, 6.07) is 15.4. The van der Waals surface area contributed by atoms with Crippen LogP contribution in [-0.2, 0) is 13.0 Å². The van der Waals surface area contributed by atoms with Gasteiger partial charge < -0.3 is 20.6 Å². The predicted octanol–water partition coefficient (Wildman–Crippen LogP) is 6.02. The lowest BCUT2D eigenvalue weighted by molar-refractivity contribution is 0.0683. The van der Waals surface area contributed by atoms with Crippen molar-refractivity contribution >= 4 is 23.3 Å². The fourth-order valence-corrected chi connectivity index (χ4v) is 5.06. The third kappa shape index (κ3) is 5.35. The second kappa shape index (κ2) is 10.3. The van der Waals surface area contributed by atoms with Gasteiger partial charge in [-0.15, -0.1) is 0 Å². The molecule has 2 aromatic carbocycles. The van der Waals surface area contributed by atoms with Crippen molar-refractivity contribution in [2.75, 3.05) is 15.5 Å². The number of nitrogens with one attached hydrogen (secondary N) is 2. The van der Waals surface area contributed by atoms with Crippen molar-refractivity contribution in [2.45, 2.75) is 64.7 Å². The largest absolute Gasteiger partial charge is 0.475 e. The van der Waals surface area contributed by atoms with E-state index in [1.807, 2.05) is 37.3 Å². The van der Waals surface area contributed by atoms with Gasteiger partial charge in [-0.2, -0.15) is 0 Å². The molecule has 0 spiro atoms. The SMILES string of the molecule is Cc1cccc(C2Nc3nc(C(=O)O)nc(NC(C)C4CCC4)c3N2Cc2ccc(CC(F)F)cc2)c1. The number of nitrogens with zero attached hydrogens (tertiary/aromatic N) is 3. The van der Waals surface area contributed by atoms with Gasteiger partial charge in [0, 0.05) is 19.0 Å². The molecular weight excluding hydrogens is 476 g/mol. The lowest BCUT2D eigenvalue weighted by Crippen LogP contribution is -2.33. The summed E-state index contributed by atoms with van der Waals surface area (Å²) in [5, 5.41) is 16.6. The Kier molecular flexibility index (Phi) is 6.95. The van der Waals surface area contributed by atoms with Crippen molar-refractivity contribution < 1.29 is 18.7 Å². The minimum absolute atomic E-state index is 0.128. The molecule has 1 aromatic heterocycles. The topological polar surface area (TPSA) is 90.4 Å². The number of halogens is 2. The van der Waals surface area contributed by atoms with Crippen LogP contribution in [0.3, 0.4) is 0 Å². The number of carboxylic acids is 1. The summed E-state index contributed by atoms with van der Waals surface area (Å²) in [6.45, 7) is 4.58. The summed E-state index contributed by atoms with van der Waals surface area (Å²) in [5.74, 6) is -0.00756. The highest BCUT2D eigenvalue weighted by atomic mass is 19.3. The van der Waals surface area contributed by atoms with Crippen LogP contribution in [0, 0.1) is 12.8 Å². The fourth-order valence-electron chi connectivity index (χ4n) is 5.06. The molecular formula is C28H31F2N5O2. The van der Waals surface area contributed by atoms with E-state index < -0.39 is 12.4 Å². The summed E-state index contributed by atoms with van der Waals surface area (Å²) in [5.41, 5.74) is 4.33. The molecule has 1 fully saturated rings. The molecule has 194 valence electrons. The average Bonchev–Trinajstić information content (AvgIpc) is 3.17. The van der Waals surface area contributed by atoms with Crippen LogP contribution in [-0.4, -0.2) is 33.5 Å². The third-order valence-corrected chi connectivity index (χ3v) is 7.29. The van der Waals surface area contributed by atoms with E-state index in [2.05, 4.69) is 38.5 Å². The zero-order chi connectivity index (χ0) is 26.1. The van der Waals surface area contributed by atoms with Gasteiger partial charge in [0.05, 0.1) is 0 Å². The zero-order valence-corrected chi connectivity index (χ0v) is 20.9. The van der Waals surface area contributed by atoms with Crippen LogP contribution in [0.15, 0.2) is 48.5 Å². The van der Waals surface area contributed by atoms with Gasteiger partial charge in [0.25, 0.3) is 0 Å². The molecule has 0 amide bonds. The van der Waals surface area contributed by atoms with Crippen LogP contribution in [0.25, 0.3) is 0 Å². The molecule has 2 unspecified atom stereocenters. The normalized spacial score (nSPS) is 17.8. The number of aryl methyl sites for hydroxylation is 1. The second-order valence-corrected chi connectivity index (χ2v) is 10.0. The Balaban J connectivity index is 1.55. The molecule has 0 bridgehead atoms. The van der Waals surface area contributed by atoms with Gasteiger partial charge in [0.15, 0.2) is 11.6 Å². The minimum atomic E-state index is -2.39. The van der Waals surface area contributed by atoms with E-state index in [4.69, 9.17) is 0 Å². The first-order valence-electron chi connectivity index (χ1n) is 12.7. The lowest BCUT2D eigenvalue weighted by Gasteiger charge is -2.33. The summed E-state index contributed by atoms with van der Waals surface area (Å²) >= 11 is 0. The van der Waals surface area contributed by atoms with Crippen LogP contribution in [0.1, 0.15) is 65.2 Å². The number of fused-ring (bicyclic) bond motifs is 1. The van der Waals surface area contributed by atoms with E-state index in [0.29, 0.717) is 35.3 Å². The number of carboxylic acid groups (broad SMARTS) is 1. The number of anilines is 3. The molecule has 9 heteroatoms. The van der Waals surface area contributed by atoms with E-state index in [9.17, 15) is 18.7 Å². The number of hydrogen-bond acceptors (Lipinski definition) is 6. The Bertz CT molecular complexity index is 1280. The van der Waals surface area contributed by atoms with Crippen molar-refractivity contribution in [3.63, 3.8) is 0 Å². The number of aromatic nitrogens is 2. The lowest BCUT2D eigenvalue weighted by atomic mass is 9.80. The molecule has 0 saturated heterocycles. The second-order valence-electron chi connectivity index (χ2n) is 10.0. The summed E-state index contributed by atoms with van der Waals surface area (Å²) in [6.07, 6.45) is 0.479. The Morgan fingerprint density at radius 2 is 1.89 bits per heavy atom. The molecule has 2 aliphatic rings. The zero-order valence-electron chi connectivity index (χ0n) is 20.9. The first-order valence-corrected chi connectivity index (χ1v) is 12.7. The van der Waals surface area contributed by atoms with Gasteiger partial charge in [0.2, 0.25) is 12.2 Å². The van der Waals surface area contributed by atoms with E-state index in [0.717, 1.165) is 29.5 Å². The van der Waals surface area contributed by atoms with Crippen LogP contribution in [0.2, 0.25) is 0 Å². The number of aromatic carboxylic acids is 1. The van der Waals surface area contributed by atoms with Gasteiger partial charge in [-0.25, -0.2) is 23.5 Å². The van der Waals surface area contributed by atoms with Crippen molar-refractivity contribution in [3.8, 4) is 0 Å². The Labute approximate surface area is 214 Å². The first-order chi connectivity index (χ1) is 17.8. The van der Waals surface area contributed by atoms with Gasteiger partial charge in [-0.3, -0.25) is 0 Å². The molecule has 37 heavy (non-hydrogen) atoms. The first kappa shape index (κ1) is 24.9.